The maximum Gasteiger partial charge on any atom is 0.133 e. The van der Waals surface area contributed by atoms with Crippen molar-refractivity contribution >= 4 is 43.5 Å². The molecule has 0 saturated heterocycles. The Morgan fingerprint density at radius 3 is 2.47 bits per heavy atom. The van der Waals surface area contributed by atoms with Crippen LogP contribution in [0.25, 0.3) is 0 Å². The number of benzene rings is 1. The fourth-order valence-electron chi connectivity index (χ4n) is 1.31. The Morgan fingerprint density at radius 1 is 1.35 bits per heavy atom. The summed E-state index contributed by atoms with van der Waals surface area (Å²) in [7, 11) is 0. The van der Waals surface area contributed by atoms with Crippen LogP contribution in [-0.4, -0.2) is 11.9 Å². The van der Waals surface area contributed by atoms with Gasteiger partial charge in [0.15, 0.2) is 0 Å². The second-order valence-electron chi connectivity index (χ2n) is 5.10. The van der Waals surface area contributed by atoms with E-state index in [4.69, 9.17) is 16.3 Å². The van der Waals surface area contributed by atoms with Crippen LogP contribution in [-0.2, 0) is 0 Å². The molecule has 1 aromatic rings. The summed E-state index contributed by atoms with van der Waals surface area (Å²) in [5, 5.41) is 1.64. The van der Waals surface area contributed by atoms with Crippen LogP contribution in [0.2, 0.25) is 5.02 Å². The Labute approximate surface area is 125 Å². The Balaban J connectivity index is 2.66. The molecule has 0 fully saturated rings. The topological polar surface area (TPSA) is 9.23 Å². The molecule has 0 saturated carbocycles. The lowest BCUT2D eigenvalue weighted by Gasteiger charge is -2.29. The minimum Gasteiger partial charge on any atom is -0.492 e. The van der Waals surface area contributed by atoms with Crippen molar-refractivity contribution in [2.45, 2.75) is 20.8 Å². The van der Waals surface area contributed by atoms with Crippen molar-refractivity contribution in [2.24, 2.45) is 11.3 Å². The van der Waals surface area contributed by atoms with E-state index in [0.29, 0.717) is 17.5 Å². The average molecular weight is 385 g/mol. The summed E-state index contributed by atoms with van der Waals surface area (Å²) in [5.74, 6) is 1.30. The quantitative estimate of drug-likeness (QED) is 0.620. The first-order chi connectivity index (χ1) is 7.84. The maximum atomic E-state index is 5.89. The number of ether oxygens (including phenoxy) is 1. The first kappa shape index (κ1) is 15.3. The minimum absolute atomic E-state index is 0.225. The smallest absolute Gasteiger partial charge is 0.133 e. The zero-order chi connectivity index (χ0) is 13.1. The fourth-order valence-corrected chi connectivity index (χ4v) is 3.26. The molecule has 0 aliphatic rings. The Hall–Kier alpha value is 0.270. The molecule has 17 heavy (non-hydrogen) atoms. The van der Waals surface area contributed by atoms with Crippen molar-refractivity contribution in [3.63, 3.8) is 0 Å². The van der Waals surface area contributed by atoms with E-state index in [9.17, 15) is 0 Å². The van der Waals surface area contributed by atoms with Gasteiger partial charge in [0.2, 0.25) is 0 Å². The summed E-state index contributed by atoms with van der Waals surface area (Å²) in [5.41, 5.74) is 0.225. The minimum atomic E-state index is 0.225. The zero-order valence-electron chi connectivity index (χ0n) is 10.3. The third-order valence-electron chi connectivity index (χ3n) is 2.74. The normalized spacial score (nSPS) is 13.5. The molecular weight excluding hydrogens is 367 g/mol. The highest BCUT2D eigenvalue weighted by Gasteiger charge is 2.24. The average Bonchev–Trinajstić information content (AvgIpc) is 2.19. The summed E-state index contributed by atoms with van der Waals surface area (Å²) in [6.07, 6.45) is 0. The standard InChI is InChI=1S/C13H17Br2ClO/c1-13(2,3)9(7-14)8-17-12-5-4-10(16)6-11(12)15/h4-6,9H,7-8H2,1-3H3. The van der Waals surface area contributed by atoms with E-state index in [2.05, 4.69) is 52.6 Å². The van der Waals surface area contributed by atoms with E-state index in [1.165, 1.54) is 0 Å². The van der Waals surface area contributed by atoms with Gasteiger partial charge in [-0.2, -0.15) is 0 Å². The van der Waals surface area contributed by atoms with Crippen LogP contribution in [0.3, 0.4) is 0 Å². The predicted octanol–water partition coefficient (Wildman–Crippen LogP) is 5.54. The molecule has 0 N–H and O–H groups in total. The molecule has 0 radical (unpaired) electrons. The van der Waals surface area contributed by atoms with Crippen molar-refractivity contribution in [1.82, 2.24) is 0 Å². The van der Waals surface area contributed by atoms with Crippen LogP contribution >= 0.6 is 43.5 Å². The van der Waals surface area contributed by atoms with E-state index < -0.39 is 0 Å². The Bertz CT molecular complexity index is 374. The van der Waals surface area contributed by atoms with Gasteiger partial charge in [-0.15, -0.1) is 0 Å². The molecule has 0 spiro atoms. The van der Waals surface area contributed by atoms with Gasteiger partial charge in [0.05, 0.1) is 11.1 Å². The van der Waals surface area contributed by atoms with E-state index in [1.807, 2.05) is 18.2 Å². The summed E-state index contributed by atoms with van der Waals surface area (Å²) >= 11 is 12.9. The first-order valence-corrected chi connectivity index (χ1v) is 7.77. The number of alkyl halides is 1. The van der Waals surface area contributed by atoms with E-state index in [-0.39, 0.29) is 5.41 Å². The molecule has 4 heteroatoms. The van der Waals surface area contributed by atoms with Gasteiger partial charge in [-0.1, -0.05) is 48.3 Å². The van der Waals surface area contributed by atoms with Crippen LogP contribution in [0.1, 0.15) is 20.8 Å². The van der Waals surface area contributed by atoms with Gasteiger partial charge in [-0.05, 0) is 39.5 Å². The van der Waals surface area contributed by atoms with Gasteiger partial charge in [-0.25, -0.2) is 0 Å². The second-order valence-corrected chi connectivity index (χ2v) is 7.04. The molecule has 0 heterocycles. The number of rotatable bonds is 4. The molecule has 1 nitrogen and oxygen atoms in total. The van der Waals surface area contributed by atoms with Crippen molar-refractivity contribution in [3.05, 3.63) is 27.7 Å². The van der Waals surface area contributed by atoms with Gasteiger partial charge >= 0.3 is 0 Å². The maximum absolute atomic E-state index is 5.89. The molecule has 1 atom stereocenters. The highest BCUT2D eigenvalue weighted by atomic mass is 79.9. The van der Waals surface area contributed by atoms with Gasteiger partial charge in [0.1, 0.15) is 5.75 Å². The predicted molar refractivity (Wildman–Crippen MR) is 81.4 cm³/mol. The second kappa shape index (κ2) is 6.44. The van der Waals surface area contributed by atoms with Crippen LogP contribution < -0.4 is 4.74 Å². The lowest BCUT2D eigenvalue weighted by Crippen LogP contribution is -2.27. The van der Waals surface area contributed by atoms with Crippen LogP contribution in [0, 0.1) is 11.3 Å². The molecule has 0 aromatic heterocycles. The molecule has 0 aliphatic carbocycles. The highest BCUT2D eigenvalue weighted by molar-refractivity contribution is 9.10. The van der Waals surface area contributed by atoms with Crippen LogP contribution in [0.15, 0.2) is 22.7 Å². The van der Waals surface area contributed by atoms with E-state index in [0.717, 1.165) is 15.6 Å². The molecular formula is C13H17Br2ClO. The number of hydrogen-bond donors (Lipinski definition) is 0. The summed E-state index contributed by atoms with van der Waals surface area (Å²) in [4.78, 5) is 0. The number of halogens is 3. The summed E-state index contributed by atoms with van der Waals surface area (Å²) in [6, 6.07) is 5.57. The molecule has 1 rings (SSSR count). The summed E-state index contributed by atoms with van der Waals surface area (Å²) < 4.78 is 6.73. The third-order valence-corrected chi connectivity index (χ3v) is 4.38. The van der Waals surface area contributed by atoms with Gasteiger partial charge in [0.25, 0.3) is 0 Å². The van der Waals surface area contributed by atoms with Gasteiger partial charge in [0, 0.05) is 16.3 Å². The van der Waals surface area contributed by atoms with Crippen molar-refractivity contribution < 1.29 is 4.74 Å². The van der Waals surface area contributed by atoms with E-state index in [1.54, 1.807) is 0 Å². The monoisotopic (exact) mass is 382 g/mol. The Morgan fingerprint density at radius 2 is 2.00 bits per heavy atom. The van der Waals surface area contributed by atoms with Crippen molar-refractivity contribution in [3.8, 4) is 5.75 Å². The molecule has 96 valence electrons. The lowest BCUT2D eigenvalue weighted by molar-refractivity contribution is 0.165. The first-order valence-electron chi connectivity index (χ1n) is 5.48. The van der Waals surface area contributed by atoms with Gasteiger partial charge in [-0.3, -0.25) is 0 Å². The lowest BCUT2D eigenvalue weighted by atomic mass is 9.83. The molecule has 0 aliphatic heterocycles. The third kappa shape index (κ3) is 4.80. The SMILES string of the molecule is CC(C)(C)C(CBr)COc1ccc(Cl)cc1Br. The summed E-state index contributed by atoms with van der Waals surface area (Å²) in [6.45, 7) is 7.35. The molecule has 0 amide bonds. The molecule has 1 unspecified atom stereocenters. The van der Waals surface area contributed by atoms with Gasteiger partial charge < -0.3 is 4.74 Å². The molecule has 0 bridgehead atoms. The van der Waals surface area contributed by atoms with E-state index >= 15 is 0 Å². The largest absolute Gasteiger partial charge is 0.492 e. The zero-order valence-corrected chi connectivity index (χ0v) is 14.2. The molecule has 1 aromatic carbocycles. The number of hydrogen-bond acceptors (Lipinski definition) is 1. The highest BCUT2D eigenvalue weighted by Crippen LogP contribution is 2.31. The van der Waals surface area contributed by atoms with Crippen molar-refractivity contribution in [2.75, 3.05) is 11.9 Å². The van der Waals surface area contributed by atoms with Crippen molar-refractivity contribution in [1.29, 1.82) is 0 Å². The fraction of sp³-hybridized carbons (Fsp3) is 0.538. The van der Waals surface area contributed by atoms with Crippen LogP contribution in [0.4, 0.5) is 0 Å². The Kier molecular flexibility index (Phi) is 5.81. The van der Waals surface area contributed by atoms with Crippen LogP contribution in [0.5, 0.6) is 5.75 Å².